The van der Waals surface area contributed by atoms with Crippen LogP contribution in [0.4, 0.5) is 4.39 Å². The minimum Gasteiger partial charge on any atom is -0.454 e. The van der Waals surface area contributed by atoms with E-state index >= 15 is 0 Å². The number of rotatable bonds is 7. The largest absolute Gasteiger partial charge is 0.454 e. The molecule has 0 spiro atoms. The normalized spacial score (nSPS) is 19.4. The van der Waals surface area contributed by atoms with Gasteiger partial charge >= 0.3 is 0 Å². The van der Waals surface area contributed by atoms with Crippen LogP contribution in [-0.2, 0) is 0 Å². The summed E-state index contributed by atoms with van der Waals surface area (Å²) in [6.07, 6.45) is 10.6. The smallest absolute Gasteiger partial charge is 0.165 e. The van der Waals surface area contributed by atoms with Gasteiger partial charge in [-0.1, -0.05) is 57.7 Å². The monoisotopic (exact) mass is 302 g/mol. The SMILES string of the molecule is CCCCCC(C)C1C=C(C)C(Oc2ccccc2F)=CC1. The van der Waals surface area contributed by atoms with Crippen LogP contribution in [0.15, 0.2) is 47.7 Å². The number of hydrogen-bond acceptors (Lipinski definition) is 1. The molecule has 2 rings (SSSR count). The molecule has 22 heavy (non-hydrogen) atoms. The Morgan fingerprint density at radius 1 is 1.27 bits per heavy atom. The van der Waals surface area contributed by atoms with Crippen molar-refractivity contribution >= 4 is 0 Å². The van der Waals surface area contributed by atoms with Gasteiger partial charge in [-0.2, -0.15) is 0 Å². The van der Waals surface area contributed by atoms with Crippen LogP contribution in [0.1, 0.15) is 52.9 Å². The van der Waals surface area contributed by atoms with Crippen molar-refractivity contribution in [2.24, 2.45) is 11.8 Å². The third-order valence-electron chi connectivity index (χ3n) is 4.48. The van der Waals surface area contributed by atoms with Crippen LogP contribution < -0.4 is 4.74 Å². The molecule has 1 aromatic carbocycles. The molecule has 0 aliphatic heterocycles. The number of unbranched alkanes of at least 4 members (excludes halogenated alkanes) is 2. The van der Waals surface area contributed by atoms with E-state index in [1.165, 1.54) is 31.7 Å². The maximum atomic E-state index is 13.7. The van der Waals surface area contributed by atoms with Gasteiger partial charge in [0.25, 0.3) is 0 Å². The zero-order valence-corrected chi connectivity index (χ0v) is 13.9. The van der Waals surface area contributed by atoms with Crippen molar-refractivity contribution in [2.45, 2.75) is 52.9 Å². The molecule has 1 aliphatic rings. The van der Waals surface area contributed by atoms with Gasteiger partial charge in [-0.15, -0.1) is 0 Å². The molecule has 2 unspecified atom stereocenters. The van der Waals surface area contributed by atoms with E-state index in [1.54, 1.807) is 18.2 Å². The molecule has 0 N–H and O–H groups in total. The molecule has 0 radical (unpaired) electrons. The second-order valence-corrected chi connectivity index (χ2v) is 6.32. The summed E-state index contributed by atoms with van der Waals surface area (Å²) in [5.74, 6) is 2.04. The van der Waals surface area contributed by atoms with Crippen LogP contribution in [0.2, 0.25) is 0 Å². The summed E-state index contributed by atoms with van der Waals surface area (Å²) in [5, 5.41) is 0. The van der Waals surface area contributed by atoms with Gasteiger partial charge in [0, 0.05) is 0 Å². The third kappa shape index (κ3) is 4.46. The van der Waals surface area contributed by atoms with E-state index in [0.29, 0.717) is 17.6 Å². The highest BCUT2D eigenvalue weighted by atomic mass is 19.1. The predicted octanol–water partition coefficient (Wildman–Crippen LogP) is 6.27. The minimum absolute atomic E-state index is 0.302. The molecule has 0 saturated heterocycles. The number of benzene rings is 1. The van der Waals surface area contributed by atoms with Crippen LogP contribution in [-0.4, -0.2) is 0 Å². The van der Waals surface area contributed by atoms with Crippen molar-refractivity contribution in [3.05, 3.63) is 53.6 Å². The Labute approximate surface area is 133 Å². The molecule has 0 bridgehead atoms. The van der Waals surface area contributed by atoms with Crippen molar-refractivity contribution in [3.8, 4) is 5.75 Å². The van der Waals surface area contributed by atoms with E-state index < -0.39 is 0 Å². The zero-order valence-electron chi connectivity index (χ0n) is 13.9. The first kappa shape index (κ1) is 16.8. The molecular weight excluding hydrogens is 275 g/mol. The maximum Gasteiger partial charge on any atom is 0.165 e. The summed E-state index contributed by atoms with van der Waals surface area (Å²) in [7, 11) is 0. The second kappa shape index (κ2) is 8.17. The summed E-state index contributed by atoms with van der Waals surface area (Å²) in [5.41, 5.74) is 1.11. The van der Waals surface area contributed by atoms with Gasteiger partial charge in [0.1, 0.15) is 5.76 Å². The lowest BCUT2D eigenvalue weighted by atomic mass is 9.83. The van der Waals surface area contributed by atoms with Gasteiger partial charge in [0.05, 0.1) is 0 Å². The zero-order chi connectivity index (χ0) is 15.9. The quantitative estimate of drug-likeness (QED) is 0.539. The van der Waals surface area contributed by atoms with E-state index in [4.69, 9.17) is 4.74 Å². The van der Waals surface area contributed by atoms with Gasteiger partial charge in [-0.25, -0.2) is 4.39 Å². The van der Waals surface area contributed by atoms with Crippen molar-refractivity contribution < 1.29 is 9.13 Å². The molecule has 1 aromatic rings. The summed E-state index contributed by atoms with van der Waals surface area (Å²) in [4.78, 5) is 0. The fourth-order valence-corrected chi connectivity index (χ4v) is 2.97. The van der Waals surface area contributed by atoms with Gasteiger partial charge in [0.15, 0.2) is 11.6 Å². The molecule has 1 nitrogen and oxygen atoms in total. The standard InChI is InChI=1S/C20H27FO/c1-4-5-6-9-15(2)17-12-13-19(16(3)14-17)22-20-11-8-7-10-18(20)21/h7-8,10-11,13-15,17H,4-6,9,12H2,1-3H3. The minimum atomic E-state index is -0.314. The van der Waals surface area contributed by atoms with Crippen molar-refractivity contribution in [2.75, 3.05) is 0 Å². The molecule has 2 heteroatoms. The van der Waals surface area contributed by atoms with Crippen LogP contribution in [0.5, 0.6) is 5.75 Å². The first-order chi connectivity index (χ1) is 10.6. The molecule has 0 fully saturated rings. The first-order valence-electron chi connectivity index (χ1n) is 8.43. The number of halogens is 1. The first-order valence-corrected chi connectivity index (χ1v) is 8.43. The third-order valence-corrected chi connectivity index (χ3v) is 4.48. The van der Waals surface area contributed by atoms with E-state index in [-0.39, 0.29) is 5.82 Å². The van der Waals surface area contributed by atoms with Crippen LogP contribution in [0.25, 0.3) is 0 Å². The molecule has 0 aromatic heterocycles. The van der Waals surface area contributed by atoms with Gasteiger partial charge in [0.2, 0.25) is 0 Å². The second-order valence-electron chi connectivity index (χ2n) is 6.32. The average Bonchev–Trinajstić information content (AvgIpc) is 2.51. The average molecular weight is 302 g/mol. The highest BCUT2D eigenvalue weighted by Gasteiger charge is 2.20. The molecule has 0 amide bonds. The number of hydrogen-bond donors (Lipinski definition) is 0. The van der Waals surface area contributed by atoms with Crippen LogP contribution >= 0.6 is 0 Å². The molecule has 0 saturated carbocycles. The van der Waals surface area contributed by atoms with Crippen LogP contribution in [0.3, 0.4) is 0 Å². The molecule has 1 aliphatic carbocycles. The Kier molecular flexibility index (Phi) is 6.23. The molecular formula is C20H27FO. The van der Waals surface area contributed by atoms with Gasteiger partial charge in [-0.05, 0) is 49.0 Å². The lowest BCUT2D eigenvalue weighted by Gasteiger charge is -2.25. The maximum absolute atomic E-state index is 13.7. The fraction of sp³-hybridized carbons (Fsp3) is 0.500. The van der Waals surface area contributed by atoms with Crippen LogP contribution in [0, 0.1) is 17.7 Å². The van der Waals surface area contributed by atoms with E-state index in [9.17, 15) is 4.39 Å². The Balaban J connectivity index is 1.95. The molecule has 2 atom stereocenters. The van der Waals surface area contributed by atoms with Crippen molar-refractivity contribution in [1.29, 1.82) is 0 Å². The number of para-hydroxylation sites is 1. The van der Waals surface area contributed by atoms with Crippen molar-refractivity contribution in [1.82, 2.24) is 0 Å². The van der Waals surface area contributed by atoms with Crippen molar-refractivity contribution in [3.63, 3.8) is 0 Å². The summed E-state index contributed by atoms with van der Waals surface area (Å²) in [6, 6.07) is 6.56. The summed E-state index contributed by atoms with van der Waals surface area (Å²) >= 11 is 0. The fourth-order valence-electron chi connectivity index (χ4n) is 2.97. The summed E-state index contributed by atoms with van der Waals surface area (Å²) in [6.45, 7) is 6.63. The molecule has 120 valence electrons. The number of ether oxygens (including phenoxy) is 1. The summed E-state index contributed by atoms with van der Waals surface area (Å²) < 4.78 is 19.4. The predicted molar refractivity (Wildman–Crippen MR) is 90.3 cm³/mol. The van der Waals surface area contributed by atoms with E-state index in [1.807, 2.05) is 0 Å². The Morgan fingerprint density at radius 2 is 2.05 bits per heavy atom. The van der Waals surface area contributed by atoms with E-state index in [0.717, 1.165) is 17.8 Å². The number of allylic oxidation sites excluding steroid dienone is 3. The molecule has 0 heterocycles. The topological polar surface area (TPSA) is 9.23 Å². The van der Waals surface area contributed by atoms with Gasteiger partial charge < -0.3 is 4.74 Å². The van der Waals surface area contributed by atoms with E-state index in [2.05, 4.69) is 32.9 Å². The highest BCUT2D eigenvalue weighted by Crippen LogP contribution is 2.32. The Bertz CT molecular complexity index is 544. The highest BCUT2D eigenvalue weighted by molar-refractivity contribution is 5.34. The van der Waals surface area contributed by atoms with Gasteiger partial charge in [-0.3, -0.25) is 0 Å². The lowest BCUT2D eigenvalue weighted by Crippen LogP contribution is -2.14. The Morgan fingerprint density at radius 3 is 2.73 bits per heavy atom. The Hall–Kier alpha value is -1.57. The lowest BCUT2D eigenvalue weighted by molar-refractivity contribution is 0.360.